The van der Waals surface area contributed by atoms with Gasteiger partial charge in [0, 0.05) is 0 Å². The molecule has 0 fully saturated rings. The Balaban J connectivity index is 0.000000451. The minimum Gasteiger partial charge on any atom is -0.358 e. The standard InChI is InChI=1S/2C11H11.C7H8Si.2CH3.Zr/c2*1-2-9-7-10-5-3-4-6-11(10)8-9;1-8-7-5-3-2-4-6-7;;;/h2*3-8H,2H2,1H3;2-6H,1H3;2*1H3;/q2*-1;;2*-1;+4. The monoisotopic (exact) mass is 526 g/mol. The van der Waals surface area contributed by atoms with Crippen molar-refractivity contribution in [2.45, 2.75) is 33.2 Å². The van der Waals surface area contributed by atoms with Crippen LogP contribution >= 0.6 is 0 Å². The van der Waals surface area contributed by atoms with Crippen LogP contribution in [0.25, 0.3) is 21.5 Å². The molecule has 0 spiro atoms. The first-order valence-electron chi connectivity index (χ1n) is 10.7. The van der Waals surface area contributed by atoms with Crippen molar-refractivity contribution in [3.05, 3.63) is 129 Å². The molecule has 0 aliphatic heterocycles. The molecular formula is C31H36SiZr. The molecule has 0 nitrogen and oxygen atoms in total. The molecule has 5 rings (SSSR count). The Kier molecular flexibility index (Phi) is 15.6. The van der Waals surface area contributed by atoms with Gasteiger partial charge < -0.3 is 14.9 Å². The Morgan fingerprint density at radius 1 is 0.606 bits per heavy atom. The van der Waals surface area contributed by atoms with E-state index in [-0.39, 0.29) is 41.1 Å². The van der Waals surface area contributed by atoms with Crippen molar-refractivity contribution in [2.24, 2.45) is 0 Å². The van der Waals surface area contributed by atoms with Gasteiger partial charge in [0.25, 0.3) is 0 Å². The van der Waals surface area contributed by atoms with E-state index in [4.69, 9.17) is 0 Å². The zero-order valence-electron chi connectivity index (χ0n) is 20.7. The maximum absolute atomic E-state index is 2.26. The summed E-state index contributed by atoms with van der Waals surface area (Å²) in [6.45, 7) is 6.57. The molecule has 2 radical (unpaired) electrons. The first-order valence-corrected chi connectivity index (χ1v) is 12.2. The van der Waals surface area contributed by atoms with Crippen LogP contribution in [-0.4, -0.2) is 9.52 Å². The molecule has 0 bridgehead atoms. The van der Waals surface area contributed by atoms with Crippen LogP contribution in [0.1, 0.15) is 25.0 Å². The Morgan fingerprint density at radius 2 is 1.00 bits per heavy atom. The van der Waals surface area contributed by atoms with Crippen LogP contribution in [0.3, 0.4) is 0 Å². The summed E-state index contributed by atoms with van der Waals surface area (Å²) in [7, 11) is 0.930. The molecule has 0 amide bonds. The summed E-state index contributed by atoms with van der Waals surface area (Å²) >= 11 is 0. The van der Waals surface area contributed by atoms with Gasteiger partial charge in [-0.2, -0.15) is 12.1 Å². The topological polar surface area (TPSA) is 0 Å². The number of hydrogen-bond acceptors (Lipinski definition) is 0. The van der Waals surface area contributed by atoms with Gasteiger partial charge in [-0.05, 0) is 12.8 Å². The molecule has 33 heavy (non-hydrogen) atoms. The average Bonchev–Trinajstić information content (AvgIpc) is 3.44. The molecule has 0 aromatic heterocycles. The fraction of sp³-hybridized carbons (Fsp3) is 0.161. The van der Waals surface area contributed by atoms with Gasteiger partial charge in [0.2, 0.25) is 0 Å². The summed E-state index contributed by atoms with van der Waals surface area (Å²) in [5.74, 6) is 0. The van der Waals surface area contributed by atoms with Crippen LogP contribution in [0.2, 0.25) is 6.55 Å². The first kappa shape index (κ1) is 31.0. The largest absolute Gasteiger partial charge is 4.00 e. The van der Waals surface area contributed by atoms with E-state index in [1.54, 1.807) is 0 Å². The normalized spacial score (nSPS) is 9.30. The molecule has 0 saturated carbocycles. The zero-order chi connectivity index (χ0) is 21.2. The van der Waals surface area contributed by atoms with Crippen molar-refractivity contribution in [3.63, 3.8) is 0 Å². The second-order valence-corrected chi connectivity index (χ2v) is 8.39. The molecule has 0 aliphatic carbocycles. The molecule has 168 valence electrons. The number of benzene rings is 3. The van der Waals surface area contributed by atoms with E-state index in [1.165, 1.54) is 37.9 Å². The summed E-state index contributed by atoms with van der Waals surface area (Å²) in [6, 6.07) is 36.5. The second kappa shape index (κ2) is 16.6. The van der Waals surface area contributed by atoms with Gasteiger partial charge in [0.1, 0.15) is 0 Å². The van der Waals surface area contributed by atoms with Crippen molar-refractivity contribution in [3.8, 4) is 0 Å². The minimum absolute atomic E-state index is 0. The Labute approximate surface area is 223 Å². The smallest absolute Gasteiger partial charge is 0.358 e. The van der Waals surface area contributed by atoms with Crippen LogP contribution in [-0.2, 0) is 39.0 Å². The van der Waals surface area contributed by atoms with Gasteiger partial charge >= 0.3 is 26.2 Å². The Hall–Kier alpha value is -2.02. The van der Waals surface area contributed by atoms with E-state index in [2.05, 4.69) is 117 Å². The SMILES string of the molecule is CCc1cc2ccccc2[cH-]1.CCc1cc2ccccc2[cH-]1.C[Si]c1ccccc1.[CH3-].[CH3-].[Zr+4]. The third-order valence-corrected chi connectivity index (χ3v) is 6.15. The third kappa shape index (κ3) is 9.40. The molecule has 0 atom stereocenters. The van der Waals surface area contributed by atoms with Crippen molar-refractivity contribution < 1.29 is 26.2 Å². The summed E-state index contributed by atoms with van der Waals surface area (Å²) in [6.07, 6.45) is 2.27. The van der Waals surface area contributed by atoms with Crippen molar-refractivity contribution in [2.75, 3.05) is 0 Å². The van der Waals surface area contributed by atoms with Crippen molar-refractivity contribution >= 4 is 36.3 Å². The van der Waals surface area contributed by atoms with E-state index < -0.39 is 0 Å². The fourth-order valence-corrected chi connectivity index (χ4v) is 3.97. The van der Waals surface area contributed by atoms with E-state index in [9.17, 15) is 0 Å². The molecule has 5 aromatic carbocycles. The summed E-state index contributed by atoms with van der Waals surface area (Å²) in [5.41, 5.74) is 2.87. The summed E-state index contributed by atoms with van der Waals surface area (Å²) in [4.78, 5) is 0. The van der Waals surface area contributed by atoms with E-state index in [0.717, 1.165) is 22.4 Å². The maximum Gasteiger partial charge on any atom is 4.00 e. The second-order valence-electron chi connectivity index (χ2n) is 7.31. The Morgan fingerprint density at radius 3 is 1.33 bits per heavy atom. The van der Waals surface area contributed by atoms with Gasteiger partial charge in [0.15, 0.2) is 0 Å². The van der Waals surface area contributed by atoms with Crippen molar-refractivity contribution in [1.29, 1.82) is 0 Å². The molecule has 0 unspecified atom stereocenters. The fourth-order valence-electron chi connectivity index (χ4n) is 3.44. The molecule has 0 aliphatic rings. The molecule has 0 saturated heterocycles. The first-order chi connectivity index (χ1) is 14.7. The van der Waals surface area contributed by atoms with E-state index in [1.807, 2.05) is 6.07 Å². The average molecular weight is 528 g/mol. The van der Waals surface area contributed by atoms with Gasteiger partial charge in [-0.1, -0.05) is 68.0 Å². The van der Waals surface area contributed by atoms with Crippen LogP contribution in [0.4, 0.5) is 0 Å². The maximum atomic E-state index is 2.26. The predicted molar refractivity (Wildman–Crippen MR) is 148 cm³/mol. The molecule has 2 heteroatoms. The molecular weight excluding hydrogens is 492 g/mol. The Bertz CT molecular complexity index is 1010. The van der Waals surface area contributed by atoms with Gasteiger partial charge in [-0.15, -0.1) is 81.2 Å². The molecule has 0 heterocycles. The van der Waals surface area contributed by atoms with Crippen LogP contribution in [0.15, 0.2) is 103 Å². The summed E-state index contributed by atoms with van der Waals surface area (Å²) < 4.78 is 0. The van der Waals surface area contributed by atoms with Gasteiger partial charge in [-0.25, -0.2) is 0 Å². The van der Waals surface area contributed by atoms with Gasteiger partial charge in [0.05, 0.1) is 9.52 Å². The zero-order valence-corrected chi connectivity index (χ0v) is 24.2. The number of rotatable bonds is 3. The number of aryl methyl sites for hydroxylation is 2. The van der Waals surface area contributed by atoms with Crippen LogP contribution < -0.4 is 5.19 Å². The summed E-state index contributed by atoms with van der Waals surface area (Å²) in [5, 5.41) is 6.90. The van der Waals surface area contributed by atoms with Gasteiger partial charge in [-0.3, -0.25) is 0 Å². The molecule has 0 N–H and O–H groups in total. The number of fused-ring (bicyclic) bond motifs is 2. The van der Waals surface area contributed by atoms with Crippen LogP contribution in [0, 0.1) is 14.9 Å². The van der Waals surface area contributed by atoms with E-state index >= 15 is 0 Å². The minimum atomic E-state index is 0. The number of hydrogen-bond donors (Lipinski definition) is 0. The van der Waals surface area contributed by atoms with Crippen molar-refractivity contribution in [1.82, 2.24) is 0 Å². The van der Waals surface area contributed by atoms with Crippen LogP contribution in [0.5, 0.6) is 0 Å². The quantitative estimate of drug-likeness (QED) is 0.164. The predicted octanol–water partition coefficient (Wildman–Crippen LogP) is 8.20. The third-order valence-electron chi connectivity index (χ3n) is 5.23. The molecule has 5 aromatic rings. The van der Waals surface area contributed by atoms with E-state index in [0.29, 0.717) is 0 Å².